The number of amides is 1. The van der Waals surface area contributed by atoms with E-state index in [4.69, 9.17) is 0 Å². The molecule has 6 heteroatoms. The number of carbonyl (C=O) groups is 1. The Bertz CT molecular complexity index is 396. The predicted molar refractivity (Wildman–Crippen MR) is 58.1 cm³/mol. The third kappa shape index (κ3) is 2.11. The van der Waals surface area contributed by atoms with Gasteiger partial charge in [0.25, 0.3) is 5.91 Å². The number of aliphatic hydroxyl groups is 1. The number of nitrogens with zero attached hydrogens (tertiary/aromatic N) is 3. The lowest BCUT2D eigenvalue weighted by atomic mass is 10.3. The number of carbonyl (C=O) groups excluding carboxylic acids is 1. The SMILES string of the molecule is CNc1cncc(C(=O)N2CCC(O)C2)n1. The third-order valence-electron chi connectivity index (χ3n) is 2.56. The highest BCUT2D eigenvalue weighted by atomic mass is 16.3. The minimum atomic E-state index is -0.413. The zero-order chi connectivity index (χ0) is 11.5. The molecule has 0 radical (unpaired) electrons. The summed E-state index contributed by atoms with van der Waals surface area (Å²) < 4.78 is 0. The standard InChI is InChI=1S/C10H14N4O2/c1-11-9-5-12-4-8(13-9)10(16)14-3-2-7(15)6-14/h4-5,7,15H,2-3,6H2,1H3,(H,11,13). The molecule has 0 aliphatic carbocycles. The summed E-state index contributed by atoms with van der Waals surface area (Å²) in [6.45, 7) is 0.954. The molecule has 86 valence electrons. The number of likely N-dealkylation sites (tertiary alicyclic amines) is 1. The Balaban J connectivity index is 2.14. The molecular formula is C10H14N4O2. The molecule has 1 aliphatic rings. The van der Waals surface area contributed by atoms with Gasteiger partial charge in [-0.2, -0.15) is 0 Å². The molecule has 1 aromatic heterocycles. The second-order valence-electron chi connectivity index (χ2n) is 3.73. The summed E-state index contributed by atoms with van der Waals surface area (Å²) in [4.78, 5) is 21.6. The lowest BCUT2D eigenvalue weighted by Gasteiger charge is -2.14. The second-order valence-corrected chi connectivity index (χ2v) is 3.73. The summed E-state index contributed by atoms with van der Waals surface area (Å²) in [5.41, 5.74) is 0.306. The fraction of sp³-hybridized carbons (Fsp3) is 0.500. The molecule has 0 saturated carbocycles. The van der Waals surface area contributed by atoms with Crippen molar-refractivity contribution < 1.29 is 9.90 Å². The molecular weight excluding hydrogens is 208 g/mol. The molecule has 0 aromatic carbocycles. The lowest BCUT2D eigenvalue weighted by molar-refractivity contribution is 0.0759. The number of aliphatic hydroxyl groups excluding tert-OH is 1. The maximum atomic E-state index is 11.9. The number of hydrogen-bond donors (Lipinski definition) is 2. The molecule has 2 N–H and O–H groups in total. The smallest absolute Gasteiger partial charge is 0.274 e. The van der Waals surface area contributed by atoms with Crippen molar-refractivity contribution in [2.24, 2.45) is 0 Å². The summed E-state index contributed by atoms with van der Waals surface area (Å²) in [7, 11) is 1.72. The Hall–Kier alpha value is -1.69. The van der Waals surface area contributed by atoms with Crippen LogP contribution in [0.5, 0.6) is 0 Å². The Morgan fingerprint density at radius 3 is 3.06 bits per heavy atom. The van der Waals surface area contributed by atoms with Gasteiger partial charge < -0.3 is 15.3 Å². The topological polar surface area (TPSA) is 78.4 Å². The number of rotatable bonds is 2. The van der Waals surface area contributed by atoms with Crippen LogP contribution in [0, 0.1) is 0 Å². The summed E-state index contributed by atoms with van der Waals surface area (Å²) in [6, 6.07) is 0. The molecule has 0 spiro atoms. The van der Waals surface area contributed by atoms with Crippen molar-refractivity contribution in [1.29, 1.82) is 0 Å². The maximum absolute atomic E-state index is 11.9. The Kier molecular flexibility index (Phi) is 3.00. The van der Waals surface area contributed by atoms with Crippen molar-refractivity contribution in [3.8, 4) is 0 Å². The Morgan fingerprint density at radius 2 is 2.44 bits per heavy atom. The molecule has 1 aliphatic heterocycles. The third-order valence-corrected chi connectivity index (χ3v) is 2.56. The lowest BCUT2D eigenvalue weighted by Crippen LogP contribution is -2.30. The van der Waals surface area contributed by atoms with Crippen LogP contribution in [0.2, 0.25) is 0 Å². The van der Waals surface area contributed by atoms with Gasteiger partial charge >= 0.3 is 0 Å². The molecule has 2 rings (SSSR count). The van der Waals surface area contributed by atoms with Crippen LogP contribution in [-0.4, -0.2) is 52.1 Å². The molecule has 1 fully saturated rings. The van der Waals surface area contributed by atoms with Gasteiger partial charge in [-0.05, 0) is 6.42 Å². The van der Waals surface area contributed by atoms with Crippen LogP contribution in [-0.2, 0) is 0 Å². The van der Waals surface area contributed by atoms with Gasteiger partial charge in [-0.3, -0.25) is 9.78 Å². The summed E-state index contributed by atoms with van der Waals surface area (Å²) in [5.74, 6) is 0.381. The van der Waals surface area contributed by atoms with E-state index >= 15 is 0 Å². The Morgan fingerprint density at radius 1 is 1.62 bits per heavy atom. The van der Waals surface area contributed by atoms with E-state index in [0.29, 0.717) is 31.0 Å². The Labute approximate surface area is 93.3 Å². The van der Waals surface area contributed by atoms with Gasteiger partial charge in [0.15, 0.2) is 0 Å². The zero-order valence-electron chi connectivity index (χ0n) is 9.05. The molecule has 1 amide bonds. The first kappa shape index (κ1) is 10.8. The van der Waals surface area contributed by atoms with Crippen LogP contribution in [0.4, 0.5) is 5.82 Å². The van der Waals surface area contributed by atoms with E-state index in [1.54, 1.807) is 18.1 Å². The molecule has 1 saturated heterocycles. The highest BCUT2D eigenvalue weighted by Crippen LogP contribution is 2.12. The van der Waals surface area contributed by atoms with E-state index in [9.17, 15) is 9.90 Å². The molecule has 1 unspecified atom stereocenters. The number of anilines is 1. The van der Waals surface area contributed by atoms with E-state index < -0.39 is 6.10 Å². The first-order valence-electron chi connectivity index (χ1n) is 5.18. The number of nitrogens with one attached hydrogen (secondary N) is 1. The molecule has 0 bridgehead atoms. The largest absolute Gasteiger partial charge is 0.391 e. The fourth-order valence-corrected chi connectivity index (χ4v) is 1.68. The minimum absolute atomic E-state index is 0.179. The first-order valence-corrected chi connectivity index (χ1v) is 5.18. The average molecular weight is 222 g/mol. The maximum Gasteiger partial charge on any atom is 0.274 e. The quantitative estimate of drug-likeness (QED) is 0.720. The van der Waals surface area contributed by atoms with Crippen molar-refractivity contribution in [3.05, 3.63) is 18.1 Å². The first-order chi connectivity index (χ1) is 7.70. The highest BCUT2D eigenvalue weighted by Gasteiger charge is 2.26. The van der Waals surface area contributed by atoms with E-state index in [2.05, 4.69) is 15.3 Å². The van der Waals surface area contributed by atoms with Gasteiger partial charge in [-0.15, -0.1) is 0 Å². The number of aromatic nitrogens is 2. The van der Waals surface area contributed by atoms with E-state index in [1.807, 2.05) is 0 Å². The monoisotopic (exact) mass is 222 g/mol. The van der Waals surface area contributed by atoms with Crippen LogP contribution in [0.3, 0.4) is 0 Å². The van der Waals surface area contributed by atoms with E-state index in [1.165, 1.54) is 6.20 Å². The normalized spacial score (nSPS) is 19.9. The van der Waals surface area contributed by atoms with E-state index in [0.717, 1.165) is 0 Å². The van der Waals surface area contributed by atoms with Gasteiger partial charge in [-0.25, -0.2) is 4.98 Å². The highest BCUT2D eigenvalue weighted by molar-refractivity contribution is 5.92. The molecule has 6 nitrogen and oxygen atoms in total. The zero-order valence-corrected chi connectivity index (χ0v) is 9.05. The van der Waals surface area contributed by atoms with Crippen LogP contribution < -0.4 is 5.32 Å². The van der Waals surface area contributed by atoms with Crippen molar-refractivity contribution in [2.45, 2.75) is 12.5 Å². The predicted octanol–water partition coefficient (Wildman–Crippen LogP) is -0.275. The average Bonchev–Trinajstić information content (AvgIpc) is 2.75. The molecule has 1 atom stereocenters. The number of β-amino-alcohol motifs (C(OH)–C–C–N with tert-alkyl or cyclic N) is 1. The van der Waals surface area contributed by atoms with Crippen molar-refractivity contribution in [2.75, 3.05) is 25.5 Å². The van der Waals surface area contributed by atoms with Gasteiger partial charge in [0, 0.05) is 20.1 Å². The molecule has 1 aromatic rings. The van der Waals surface area contributed by atoms with Crippen LogP contribution in [0.25, 0.3) is 0 Å². The van der Waals surface area contributed by atoms with Crippen molar-refractivity contribution >= 4 is 11.7 Å². The molecule has 16 heavy (non-hydrogen) atoms. The van der Waals surface area contributed by atoms with Crippen LogP contribution in [0.1, 0.15) is 16.9 Å². The fourth-order valence-electron chi connectivity index (χ4n) is 1.68. The van der Waals surface area contributed by atoms with Gasteiger partial charge in [-0.1, -0.05) is 0 Å². The van der Waals surface area contributed by atoms with Crippen molar-refractivity contribution in [3.63, 3.8) is 0 Å². The van der Waals surface area contributed by atoms with Gasteiger partial charge in [0.2, 0.25) is 0 Å². The minimum Gasteiger partial charge on any atom is -0.391 e. The second kappa shape index (κ2) is 4.44. The molecule has 2 heterocycles. The van der Waals surface area contributed by atoms with Gasteiger partial charge in [0.05, 0.1) is 18.5 Å². The van der Waals surface area contributed by atoms with Crippen LogP contribution in [0.15, 0.2) is 12.4 Å². The van der Waals surface area contributed by atoms with Gasteiger partial charge in [0.1, 0.15) is 11.5 Å². The summed E-state index contributed by atoms with van der Waals surface area (Å²) >= 11 is 0. The van der Waals surface area contributed by atoms with Crippen LogP contribution >= 0.6 is 0 Å². The summed E-state index contributed by atoms with van der Waals surface area (Å²) in [6.07, 6.45) is 3.21. The van der Waals surface area contributed by atoms with Crippen molar-refractivity contribution in [1.82, 2.24) is 14.9 Å². The van der Waals surface area contributed by atoms with E-state index in [-0.39, 0.29) is 5.91 Å². The summed E-state index contributed by atoms with van der Waals surface area (Å²) in [5, 5.41) is 12.2. The number of hydrogen-bond acceptors (Lipinski definition) is 5.